The summed E-state index contributed by atoms with van der Waals surface area (Å²) in [5.74, 6) is 2.20. The Morgan fingerprint density at radius 3 is 2.60 bits per heavy atom. The Bertz CT molecular complexity index is 804. The molecule has 1 saturated heterocycles. The van der Waals surface area contributed by atoms with Gasteiger partial charge >= 0.3 is 0 Å². The highest BCUT2D eigenvalue weighted by Gasteiger charge is 2.26. The number of thiazole rings is 1. The monoisotopic (exact) mass is 543 g/mol. The van der Waals surface area contributed by atoms with Crippen LogP contribution in [0.3, 0.4) is 0 Å². The van der Waals surface area contributed by atoms with E-state index < -0.39 is 0 Å². The van der Waals surface area contributed by atoms with E-state index in [1.54, 1.807) is 18.4 Å². The van der Waals surface area contributed by atoms with E-state index >= 15 is 0 Å². The molecule has 0 aliphatic carbocycles. The Morgan fingerprint density at radius 2 is 1.97 bits per heavy atom. The topological polar surface area (TPSA) is 61.8 Å². The van der Waals surface area contributed by atoms with Crippen molar-refractivity contribution in [3.63, 3.8) is 0 Å². The Kier molecular flexibility index (Phi) is 10.3. The first-order valence-electron chi connectivity index (χ1n) is 10.4. The zero-order chi connectivity index (χ0) is 20.6. The molecule has 2 heterocycles. The molecule has 6 nitrogen and oxygen atoms in total. The Balaban J connectivity index is 0.00000320. The van der Waals surface area contributed by atoms with Crippen LogP contribution >= 0.6 is 35.3 Å². The van der Waals surface area contributed by atoms with Crippen molar-refractivity contribution in [1.29, 1.82) is 0 Å². The lowest BCUT2D eigenvalue weighted by Gasteiger charge is -2.30. The van der Waals surface area contributed by atoms with Crippen LogP contribution in [0.25, 0.3) is 0 Å². The van der Waals surface area contributed by atoms with Crippen LogP contribution in [0.2, 0.25) is 0 Å². The summed E-state index contributed by atoms with van der Waals surface area (Å²) in [6.07, 6.45) is 2.50. The number of para-hydroxylation sites is 1. The first kappa shape index (κ1) is 24.9. The molecule has 0 spiro atoms. The van der Waals surface area contributed by atoms with Gasteiger partial charge in [0, 0.05) is 24.5 Å². The number of halogens is 1. The van der Waals surface area contributed by atoms with Gasteiger partial charge in [0.25, 0.3) is 0 Å². The van der Waals surface area contributed by atoms with Crippen LogP contribution in [0.5, 0.6) is 5.75 Å². The lowest BCUT2D eigenvalue weighted by molar-refractivity contribution is 0.239. The molecule has 1 unspecified atom stereocenters. The maximum Gasteiger partial charge on any atom is 0.191 e. The molecule has 1 fully saturated rings. The van der Waals surface area contributed by atoms with Gasteiger partial charge in [-0.1, -0.05) is 32.0 Å². The fourth-order valence-electron chi connectivity index (χ4n) is 3.68. The smallest absolute Gasteiger partial charge is 0.191 e. The molecule has 30 heavy (non-hydrogen) atoms. The zero-order valence-electron chi connectivity index (χ0n) is 18.4. The molecule has 2 N–H and O–H groups in total. The van der Waals surface area contributed by atoms with E-state index in [0.29, 0.717) is 12.5 Å². The number of guanidine groups is 1. The van der Waals surface area contributed by atoms with Crippen molar-refractivity contribution in [2.24, 2.45) is 4.99 Å². The average molecular weight is 544 g/mol. The highest BCUT2D eigenvalue weighted by molar-refractivity contribution is 14.0. The average Bonchev–Trinajstić information content (AvgIpc) is 3.43. The van der Waals surface area contributed by atoms with Gasteiger partial charge in [-0.2, -0.15) is 0 Å². The van der Waals surface area contributed by atoms with Crippen molar-refractivity contribution in [2.75, 3.05) is 33.8 Å². The third kappa shape index (κ3) is 6.55. The Hall–Kier alpha value is -1.39. The molecule has 0 radical (unpaired) electrons. The second-order valence-corrected chi connectivity index (χ2v) is 8.57. The van der Waals surface area contributed by atoms with Crippen LogP contribution in [0.1, 0.15) is 54.9 Å². The van der Waals surface area contributed by atoms with E-state index in [-0.39, 0.29) is 30.0 Å². The number of aromatic nitrogens is 1. The van der Waals surface area contributed by atoms with Crippen molar-refractivity contribution < 1.29 is 4.74 Å². The SMILES string of the molecule is CN=C(NCc1nc(C(C)C)cs1)NCC(c1ccccc1OC)N1CCCC1.I. The number of ether oxygens (including phenoxy) is 1. The largest absolute Gasteiger partial charge is 0.496 e. The van der Waals surface area contributed by atoms with Gasteiger partial charge in [-0.15, -0.1) is 35.3 Å². The summed E-state index contributed by atoms with van der Waals surface area (Å²) >= 11 is 1.70. The zero-order valence-corrected chi connectivity index (χ0v) is 21.5. The van der Waals surface area contributed by atoms with Crippen LogP contribution < -0.4 is 15.4 Å². The highest BCUT2D eigenvalue weighted by atomic mass is 127. The number of nitrogens with zero attached hydrogens (tertiary/aromatic N) is 3. The predicted molar refractivity (Wildman–Crippen MR) is 136 cm³/mol. The molecule has 1 aromatic carbocycles. The van der Waals surface area contributed by atoms with Crippen LogP contribution in [-0.4, -0.2) is 49.6 Å². The fourth-order valence-corrected chi connectivity index (χ4v) is 4.57. The normalized spacial score (nSPS) is 15.7. The third-order valence-electron chi connectivity index (χ3n) is 5.33. The van der Waals surface area contributed by atoms with Gasteiger partial charge in [-0.25, -0.2) is 4.98 Å². The summed E-state index contributed by atoms with van der Waals surface area (Å²) in [5.41, 5.74) is 2.38. The number of benzene rings is 1. The van der Waals surface area contributed by atoms with Crippen molar-refractivity contribution in [3.05, 3.63) is 45.9 Å². The number of hydrogen-bond acceptors (Lipinski definition) is 5. The first-order chi connectivity index (χ1) is 14.1. The molecule has 1 atom stereocenters. The van der Waals surface area contributed by atoms with Crippen molar-refractivity contribution in [3.8, 4) is 5.75 Å². The van der Waals surface area contributed by atoms with E-state index in [0.717, 1.165) is 42.0 Å². The van der Waals surface area contributed by atoms with Crippen LogP contribution in [0.15, 0.2) is 34.6 Å². The molecule has 8 heteroatoms. The molecular weight excluding hydrogens is 509 g/mol. The van der Waals surface area contributed by atoms with E-state index in [2.05, 4.69) is 51.9 Å². The minimum Gasteiger partial charge on any atom is -0.496 e. The lowest BCUT2D eigenvalue weighted by Crippen LogP contribution is -2.42. The minimum atomic E-state index is 0. The van der Waals surface area contributed by atoms with Gasteiger partial charge in [0.05, 0.1) is 25.4 Å². The Morgan fingerprint density at radius 1 is 1.23 bits per heavy atom. The number of aliphatic imine (C=N–C) groups is 1. The quantitative estimate of drug-likeness (QED) is 0.294. The summed E-state index contributed by atoms with van der Waals surface area (Å²) < 4.78 is 5.64. The molecule has 1 aliphatic rings. The van der Waals surface area contributed by atoms with Crippen LogP contribution in [0.4, 0.5) is 0 Å². The van der Waals surface area contributed by atoms with Crippen molar-refractivity contribution in [2.45, 2.75) is 45.2 Å². The first-order valence-corrected chi connectivity index (χ1v) is 11.3. The van der Waals surface area contributed by atoms with E-state index in [1.165, 1.54) is 18.4 Å². The van der Waals surface area contributed by atoms with E-state index in [9.17, 15) is 0 Å². The maximum absolute atomic E-state index is 5.64. The molecule has 2 aromatic rings. The molecular formula is C22H34IN5OS. The molecule has 0 saturated carbocycles. The summed E-state index contributed by atoms with van der Waals surface area (Å²) in [6, 6.07) is 8.57. The van der Waals surface area contributed by atoms with Gasteiger partial charge in [0.1, 0.15) is 10.8 Å². The molecule has 0 bridgehead atoms. The maximum atomic E-state index is 5.64. The number of methoxy groups -OCH3 is 1. The van der Waals surface area contributed by atoms with Crippen LogP contribution in [0, 0.1) is 0 Å². The Labute approximate surface area is 201 Å². The summed E-state index contributed by atoms with van der Waals surface area (Å²) in [6.45, 7) is 8.03. The second-order valence-electron chi connectivity index (χ2n) is 7.63. The predicted octanol–water partition coefficient (Wildman–Crippen LogP) is 4.40. The summed E-state index contributed by atoms with van der Waals surface area (Å²) in [7, 11) is 3.55. The van der Waals surface area contributed by atoms with Gasteiger partial charge in [0.2, 0.25) is 0 Å². The minimum absolute atomic E-state index is 0. The highest BCUT2D eigenvalue weighted by Crippen LogP contribution is 2.31. The molecule has 1 aromatic heterocycles. The van der Waals surface area contributed by atoms with Crippen molar-refractivity contribution in [1.82, 2.24) is 20.5 Å². The van der Waals surface area contributed by atoms with Gasteiger partial charge in [-0.3, -0.25) is 9.89 Å². The molecule has 1 aliphatic heterocycles. The fraction of sp³-hybridized carbons (Fsp3) is 0.545. The van der Waals surface area contributed by atoms with Gasteiger partial charge in [-0.05, 0) is 37.9 Å². The standard InChI is InChI=1S/C22H33N5OS.HI/c1-16(2)18-15-29-21(26-18)14-25-22(23-3)24-13-19(27-11-7-8-12-27)17-9-5-6-10-20(17)28-4;/h5-6,9-10,15-16,19H,7-8,11-14H2,1-4H3,(H2,23,24,25);1H. The van der Waals surface area contributed by atoms with Gasteiger partial charge in [0.15, 0.2) is 5.96 Å². The number of likely N-dealkylation sites (tertiary alicyclic amines) is 1. The summed E-state index contributed by atoms with van der Waals surface area (Å²) in [4.78, 5) is 11.6. The third-order valence-corrected chi connectivity index (χ3v) is 6.20. The molecule has 166 valence electrons. The molecule has 0 amide bonds. The molecule has 3 rings (SSSR count). The van der Waals surface area contributed by atoms with E-state index in [4.69, 9.17) is 9.72 Å². The second kappa shape index (κ2) is 12.5. The lowest BCUT2D eigenvalue weighted by atomic mass is 10.0. The van der Waals surface area contributed by atoms with Gasteiger partial charge < -0.3 is 15.4 Å². The number of nitrogens with one attached hydrogen (secondary N) is 2. The van der Waals surface area contributed by atoms with E-state index in [1.807, 2.05) is 19.2 Å². The number of hydrogen-bond donors (Lipinski definition) is 2. The summed E-state index contributed by atoms with van der Waals surface area (Å²) in [5, 5.41) is 10.1. The van der Waals surface area contributed by atoms with Crippen LogP contribution in [-0.2, 0) is 6.54 Å². The number of rotatable bonds is 8. The van der Waals surface area contributed by atoms with Crippen molar-refractivity contribution >= 4 is 41.3 Å².